The van der Waals surface area contributed by atoms with Crippen LogP contribution in [0, 0.1) is 19.8 Å². The number of aryl methyl sites for hydroxylation is 2. The maximum absolute atomic E-state index is 12.5. The van der Waals surface area contributed by atoms with Crippen LogP contribution in [0.15, 0.2) is 4.52 Å². The third kappa shape index (κ3) is 3.17. The molecule has 2 heterocycles. The Balaban J connectivity index is 1.51. The van der Waals surface area contributed by atoms with Crippen molar-refractivity contribution in [2.45, 2.75) is 45.7 Å². The minimum atomic E-state index is 0.157. The normalized spacial score (nSPS) is 26.6. The minimum absolute atomic E-state index is 0.157. The van der Waals surface area contributed by atoms with Gasteiger partial charge in [-0.3, -0.25) is 9.69 Å². The van der Waals surface area contributed by atoms with E-state index in [-0.39, 0.29) is 12.0 Å². The summed E-state index contributed by atoms with van der Waals surface area (Å²) < 4.78 is 5.22. The molecule has 6 heteroatoms. The van der Waals surface area contributed by atoms with E-state index in [1.54, 1.807) is 0 Å². The average Bonchev–Trinajstić information content (AvgIpc) is 3.08. The first-order valence-corrected chi connectivity index (χ1v) is 8.23. The molecule has 1 aromatic rings. The van der Waals surface area contributed by atoms with Crippen LogP contribution in [-0.4, -0.2) is 53.1 Å². The number of hydrogen-bond acceptors (Lipinski definition) is 5. The Bertz CT molecular complexity index is 515. The van der Waals surface area contributed by atoms with Gasteiger partial charge in [-0.2, -0.15) is 0 Å². The molecule has 2 N–H and O–H groups in total. The van der Waals surface area contributed by atoms with Crippen LogP contribution in [0.3, 0.4) is 0 Å². The first-order chi connectivity index (χ1) is 10.5. The molecule has 1 aliphatic heterocycles. The van der Waals surface area contributed by atoms with Crippen LogP contribution in [0.4, 0.5) is 0 Å². The van der Waals surface area contributed by atoms with Crippen LogP contribution < -0.4 is 5.73 Å². The molecule has 1 aromatic heterocycles. The van der Waals surface area contributed by atoms with Gasteiger partial charge in [0.05, 0.1) is 5.69 Å². The summed E-state index contributed by atoms with van der Waals surface area (Å²) >= 11 is 0. The molecular formula is C16H26N4O2. The SMILES string of the molecule is Cc1noc(C)c1CN1CCN(C(=O)C2CCC(N)C2)CC1. The van der Waals surface area contributed by atoms with Gasteiger partial charge in [0.2, 0.25) is 5.91 Å². The topological polar surface area (TPSA) is 75.6 Å². The molecule has 1 amide bonds. The summed E-state index contributed by atoms with van der Waals surface area (Å²) in [5.41, 5.74) is 8.08. The fraction of sp³-hybridized carbons (Fsp3) is 0.750. The average molecular weight is 306 g/mol. The highest BCUT2D eigenvalue weighted by atomic mass is 16.5. The van der Waals surface area contributed by atoms with Gasteiger partial charge < -0.3 is 15.2 Å². The Kier molecular flexibility index (Phi) is 4.49. The van der Waals surface area contributed by atoms with E-state index in [1.807, 2.05) is 18.7 Å². The summed E-state index contributed by atoms with van der Waals surface area (Å²) in [5.74, 6) is 1.37. The predicted molar refractivity (Wildman–Crippen MR) is 83.2 cm³/mol. The predicted octanol–water partition coefficient (Wildman–Crippen LogP) is 1.06. The van der Waals surface area contributed by atoms with Gasteiger partial charge in [0.25, 0.3) is 0 Å². The fourth-order valence-electron chi connectivity index (χ4n) is 3.58. The molecule has 0 bridgehead atoms. The van der Waals surface area contributed by atoms with Crippen molar-refractivity contribution in [3.05, 3.63) is 17.0 Å². The summed E-state index contributed by atoms with van der Waals surface area (Å²) in [5, 5.41) is 4.01. The van der Waals surface area contributed by atoms with Crippen LogP contribution in [-0.2, 0) is 11.3 Å². The highest BCUT2D eigenvalue weighted by Crippen LogP contribution is 2.26. The molecule has 2 aliphatic rings. The van der Waals surface area contributed by atoms with Crippen molar-refractivity contribution in [1.29, 1.82) is 0 Å². The van der Waals surface area contributed by atoms with Gasteiger partial charge in [0.15, 0.2) is 0 Å². The maximum Gasteiger partial charge on any atom is 0.225 e. The van der Waals surface area contributed by atoms with Crippen molar-refractivity contribution in [2.24, 2.45) is 11.7 Å². The first kappa shape index (κ1) is 15.5. The number of amides is 1. The molecule has 22 heavy (non-hydrogen) atoms. The van der Waals surface area contributed by atoms with Crippen molar-refractivity contribution < 1.29 is 9.32 Å². The molecule has 0 spiro atoms. The standard InChI is InChI=1S/C16H26N4O2/c1-11-15(12(2)22-18-11)10-19-5-7-20(8-6-19)16(21)13-3-4-14(17)9-13/h13-14H,3-10,17H2,1-2H3. The van der Waals surface area contributed by atoms with Crippen molar-refractivity contribution in [3.8, 4) is 0 Å². The second-order valence-corrected chi connectivity index (χ2v) is 6.67. The van der Waals surface area contributed by atoms with Crippen LogP contribution in [0.1, 0.15) is 36.3 Å². The van der Waals surface area contributed by atoms with Crippen LogP contribution in [0.2, 0.25) is 0 Å². The lowest BCUT2D eigenvalue weighted by Gasteiger charge is -2.36. The third-order valence-corrected chi connectivity index (χ3v) is 5.07. The lowest BCUT2D eigenvalue weighted by molar-refractivity contribution is -0.137. The Labute approximate surface area is 131 Å². The van der Waals surface area contributed by atoms with E-state index in [0.717, 1.165) is 63.4 Å². The van der Waals surface area contributed by atoms with Gasteiger partial charge in [-0.1, -0.05) is 5.16 Å². The zero-order valence-electron chi connectivity index (χ0n) is 13.5. The zero-order chi connectivity index (χ0) is 15.7. The monoisotopic (exact) mass is 306 g/mol. The molecule has 122 valence electrons. The fourth-order valence-corrected chi connectivity index (χ4v) is 3.58. The van der Waals surface area contributed by atoms with Crippen molar-refractivity contribution in [3.63, 3.8) is 0 Å². The molecule has 2 unspecified atom stereocenters. The lowest BCUT2D eigenvalue weighted by Crippen LogP contribution is -2.49. The van der Waals surface area contributed by atoms with Gasteiger partial charge >= 0.3 is 0 Å². The molecule has 0 radical (unpaired) electrons. The highest BCUT2D eigenvalue weighted by Gasteiger charge is 2.32. The number of carbonyl (C=O) groups is 1. The molecule has 0 aromatic carbocycles. The molecule has 1 saturated heterocycles. The van der Waals surface area contributed by atoms with Crippen molar-refractivity contribution >= 4 is 5.91 Å². The third-order valence-electron chi connectivity index (χ3n) is 5.07. The quantitative estimate of drug-likeness (QED) is 0.904. The van der Waals surface area contributed by atoms with Gasteiger partial charge in [0, 0.05) is 50.2 Å². The van der Waals surface area contributed by atoms with E-state index in [1.165, 1.54) is 5.56 Å². The van der Waals surface area contributed by atoms with E-state index in [4.69, 9.17) is 10.3 Å². The molecule has 2 fully saturated rings. The Morgan fingerprint density at radius 1 is 1.27 bits per heavy atom. The summed E-state index contributed by atoms with van der Waals surface area (Å²) in [6, 6.07) is 0.217. The summed E-state index contributed by atoms with van der Waals surface area (Å²) in [7, 11) is 0. The van der Waals surface area contributed by atoms with Crippen LogP contribution in [0.25, 0.3) is 0 Å². The molecular weight excluding hydrogens is 280 g/mol. The van der Waals surface area contributed by atoms with Gasteiger partial charge in [0.1, 0.15) is 5.76 Å². The number of carbonyl (C=O) groups excluding carboxylic acids is 1. The van der Waals surface area contributed by atoms with E-state index in [9.17, 15) is 4.79 Å². The molecule has 2 atom stereocenters. The van der Waals surface area contributed by atoms with Gasteiger partial charge in [-0.15, -0.1) is 0 Å². The van der Waals surface area contributed by atoms with Crippen molar-refractivity contribution in [1.82, 2.24) is 15.0 Å². The number of piperazine rings is 1. The van der Waals surface area contributed by atoms with Crippen LogP contribution in [0.5, 0.6) is 0 Å². The number of aromatic nitrogens is 1. The summed E-state index contributed by atoms with van der Waals surface area (Å²) in [6.45, 7) is 8.25. The van der Waals surface area contributed by atoms with E-state index < -0.39 is 0 Å². The smallest absolute Gasteiger partial charge is 0.225 e. The van der Waals surface area contributed by atoms with Gasteiger partial charge in [-0.05, 0) is 33.1 Å². The lowest BCUT2D eigenvalue weighted by atomic mass is 10.1. The van der Waals surface area contributed by atoms with Gasteiger partial charge in [-0.25, -0.2) is 0 Å². The molecule has 1 aliphatic carbocycles. The number of nitrogens with two attached hydrogens (primary N) is 1. The highest BCUT2D eigenvalue weighted by molar-refractivity contribution is 5.79. The number of rotatable bonds is 3. The van der Waals surface area contributed by atoms with E-state index in [0.29, 0.717) is 5.91 Å². The first-order valence-electron chi connectivity index (χ1n) is 8.23. The largest absolute Gasteiger partial charge is 0.361 e. The van der Waals surface area contributed by atoms with E-state index in [2.05, 4.69) is 10.1 Å². The second kappa shape index (κ2) is 6.38. The second-order valence-electron chi connectivity index (χ2n) is 6.67. The minimum Gasteiger partial charge on any atom is -0.361 e. The Hall–Kier alpha value is -1.40. The molecule has 3 rings (SSSR count). The Morgan fingerprint density at radius 2 is 2.00 bits per heavy atom. The number of hydrogen-bond donors (Lipinski definition) is 1. The Morgan fingerprint density at radius 3 is 2.55 bits per heavy atom. The number of nitrogens with zero attached hydrogens (tertiary/aromatic N) is 3. The summed E-state index contributed by atoms with van der Waals surface area (Å²) in [6.07, 6.45) is 2.81. The van der Waals surface area contributed by atoms with Crippen molar-refractivity contribution in [2.75, 3.05) is 26.2 Å². The zero-order valence-corrected chi connectivity index (χ0v) is 13.5. The maximum atomic E-state index is 12.5. The van der Waals surface area contributed by atoms with Crippen LogP contribution >= 0.6 is 0 Å². The molecule has 1 saturated carbocycles. The van der Waals surface area contributed by atoms with E-state index >= 15 is 0 Å². The summed E-state index contributed by atoms with van der Waals surface area (Å²) in [4.78, 5) is 16.9. The molecule has 6 nitrogen and oxygen atoms in total.